The van der Waals surface area contributed by atoms with Crippen molar-refractivity contribution in [2.45, 2.75) is 31.6 Å². The van der Waals surface area contributed by atoms with Gasteiger partial charge in [-0.1, -0.05) is 25.5 Å². The summed E-state index contributed by atoms with van der Waals surface area (Å²) < 4.78 is 23.8. The molecule has 0 saturated carbocycles. The van der Waals surface area contributed by atoms with E-state index in [0.717, 1.165) is 12.0 Å². The lowest BCUT2D eigenvalue weighted by molar-refractivity contribution is 0.593. The van der Waals surface area contributed by atoms with E-state index < -0.39 is 9.84 Å². The number of sulfone groups is 1. The van der Waals surface area contributed by atoms with Crippen LogP contribution in [0.1, 0.15) is 25.3 Å². The minimum absolute atomic E-state index is 0.178. The van der Waals surface area contributed by atoms with E-state index in [-0.39, 0.29) is 10.6 Å². The van der Waals surface area contributed by atoms with E-state index in [4.69, 9.17) is 5.73 Å². The maximum absolute atomic E-state index is 11.9. The minimum atomic E-state index is -3.20. The summed E-state index contributed by atoms with van der Waals surface area (Å²) in [4.78, 5) is 0.274. The first kappa shape index (κ1) is 12.0. The number of anilines is 1. The SMILES string of the molecule is CCCCS(=O)(=O)c1cccc(C)c1N. The zero-order valence-corrected chi connectivity index (χ0v) is 9.97. The average Bonchev–Trinajstić information content (AvgIpc) is 2.19. The van der Waals surface area contributed by atoms with Gasteiger partial charge in [-0.05, 0) is 25.0 Å². The molecule has 1 aromatic rings. The summed E-state index contributed by atoms with van der Waals surface area (Å²) in [7, 11) is -3.20. The maximum Gasteiger partial charge on any atom is 0.180 e. The molecular formula is C11H17NO2S. The van der Waals surface area contributed by atoms with Gasteiger partial charge in [-0.25, -0.2) is 8.42 Å². The van der Waals surface area contributed by atoms with E-state index in [1.54, 1.807) is 12.1 Å². The zero-order chi connectivity index (χ0) is 11.5. The molecule has 0 aromatic heterocycles. The molecule has 1 rings (SSSR count). The molecule has 0 aliphatic heterocycles. The monoisotopic (exact) mass is 227 g/mol. The van der Waals surface area contributed by atoms with Gasteiger partial charge < -0.3 is 5.73 Å². The Morgan fingerprint density at radius 2 is 2.00 bits per heavy atom. The van der Waals surface area contributed by atoms with E-state index in [1.165, 1.54) is 0 Å². The highest BCUT2D eigenvalue weighted by molar-refractivity contribution is 7.91. The summed E-state index contributed by atoms with van der Waals surface area (Å²) in [5, 5.41) is 0. The minimum Gasteiger partial charge on any atom is -0.397 e. The van der Waals surface area contributed by atoms with Crippen molar-refractivity contribution < 1.29 is 8.42 Å². The Morgan fingerprint density at radius 1 is 1.33 bits per heavy atom. The maximum atomic E-state index is 11.9. The highest BCUT2D eigenvalue weighted by Crippen LogP contribution is 2.23. The number of nitrogens with two attached hydrogens (primary N) is 1. The van der Waals surface area contributed by atoms with Crippen LogP contribution in [0, 0.1) is 6.92 Å². The smallest absolute Gasteiger partial charge is 0.180 e. The number of para-hydroxylation sites is 1. The highest BCUT2D eigenvalue weighted by Gasteiger charge is 2.17. The van der Waals surface area contributed by atoms with Gasteiger partial charge >= 0.3 is 0 Å². The largest absolute Gasteiger partial charge is 0.397 e. The number of rotatable bonds is 4. The predicted molar refractivity (Wildman–Crippen MR) is 62.6 cm³/mol. The van der Waals surface area contributed by atoms with Crippen LogP contribution in [0.4, 0.5) is 5.69 Å². The van der Waals surface area contributed by atoms with Crippen molar-refractivity contribution in [3.05, 3.63) is 23.8 Å². The third-order valence-corrected chi connectivity index (χ3v) is 4.24. The second-order valence-electron chi connectivity index (χ2n) is 3.66. The Bertz CT molecular complexity index is 438. The van der Waals surface area contributed by atoms with Crippen LogP contribution in [0.15, 0.2) is 23.1 Å². The summed E-state index contributed by atoms with van der Waals surface area (Å²) in [6.07, 6.45) is 1.54. The number of benzene rings is 1. The second kappa shape index (κ2) is 4.66. The summed E-state index contributed by atoms with van der Waals surface area (Å²) in [5.74, 6) is 0.178. The van der Waals surface area contributed by atoms with Gasteiger partial charge in [0.15, 0.2) is 9.84 Å². The van der Waals surface area contributed by atoms with Crippen LogP contribution in [-0.2, 0) is 9.84 Å². The molecule has 0 unspecified atom stereocenters. The van der Waals surface area contributed by atoms with Gasteiger partial charge in [0, 0.05) is 0 Å². The fourth-order valence-electron chi connectivity index (χ4n) is 1.37. The first-order valence-electron chi connectivity index (χ1n) is 5.07. The molecule has 3 nitrogen and oxygen atoms in total. The van der Waals surface area contributed by atoms with Crippen molar-refractivity contribution in [1.29, 1.82) is 0 Å². The van der Waals surface area contributed by atoms with E-state index in [0.29, 0.717) is 12.1 Å². The molecular weight excluding hydrogens is 210 g/mol. The molecule has 0 heterocycles. The molecule has 0 spiro atoms. The molecule has 2 N–H and O–H groups in total. The van der Waals surface area contributed by atoms with E-state index in [9.17, 15) is 8.42 Å². The van der Waals surface area contributed by atoms with Crippen LogP contribution in [0.25, 0.3) is 0 Å². The quantitative estimate of drug-likeness (QED) is 0.802. The first-order chi connectivity index (χ1) is 6.99. The Kier molecular flexibility index (Phi) is 3.74. The zero-order valence-electron chi connectivity index (χ0n) is 9.16. The van der Waals surface area contributed by atoms with Gasteiger partial charge in [0.1, 0.15) is 0 Å². The fourth-order valence-corrected chi connectivity index (χ4v) is 3.04. The molecule has 0 aliphatic carbocycles. The van der Waals surface area contributed by atoms with Crippen molar-refractivity contribution in [2.75, 3.05) is 11.5 Å². The third-order valence-electron chi connectivity index (χ3n) is 2.39. The van der Waals surface area contributed by atoms with Gasteiger partial charge in [0.05, 0.1) is 16.3 Å². The van der Waals surface area contributed by atoms with Crippen LogP contribution in [0.2, 0.25) is 0 Å². The number of aryl methyl sites for hydroxylation is 1. The number of hydrogen-bond acceptors (Lipinski definition) is 3. The predicted octanol–water partition coefficient (Wildman–Crippen LogP) is 2.15. The van der Waals surface area contributed by atoms with Gasteiger partial charge in [-0.3, -0.25) is 0 Å². The Labute approximate surface area is 91.2 Å². The van der Waals surface area contributed by atoms with Gasteiger partial charge in [-0.2, -0.15) is 0 Å². The molecule has 0 saturated heterocycles. The van der Waals surface area contributed by atoms with Crippen molar-refractivity contribution in [3.63, 3.8) is 0 Å². The molecule has 0 amide bonds. The molecule has 0 bridgehead atoms. The molecule has 0 fully saturated rings. The highest BCUT2D eigenvalue weighted by atomic mass is 32.2. The summed E-state index contributed by atoms with van der Waals surface area (Å²) >= 11 is 0. The Hall–Kier alpha value is -1.03. The molecule has 0 radical (unpaired) electrons. The Morgan fingerprint density at radius 3 is 2.60 bits per heavy atom. The molecule has 15 heavy (non-hydrogen) atoms. The fraction of sp³-hybridized carbons (Fsp3) is 0.455. The van der Waals surface area contributed by atoms with E-state index >= 15 is 0 Å². The van der Waals surface area contributed by atoms with Crippen LogP contribution in [0.3, 0.4) is 0 Å². The van der Waals surface area contributed by atoms with Crippen molar-refractivity contribution in [2.24, 2.45) is 0 Å². The lowest BCUT2D eigenvalue weighted by atomic mass is 10.2. The van der Waals surface area contributed by atoms with E-state index in [2.05, 4.69) is 0 Å². The lowest BCUT2D eigenvalue weighted by Gasteiger charge is -2.08. The van der Waals surface area contributed by atoms with E-state index in [1.807, 2.05) is 19.9 Å². The van der Waals surface area contributed by atoms with Crippen LogP contribution >= 0.6 is 0 Å². The van der Waals surface area contributed by atoms with Crippen LogP contribution in [0.5, 0.6) is 0 Å². The Balaban J connectivity index is 3.10. The van der Waals surface area contributed by atoms with Gasteiger partial charge in [-0.15, -0.1) is 0 Å². The van der Waals surface area contributed by atoms with Crippen LogP contribution < -0.4 is 5.73 Å². The molecule has 1 aromatic carbocycles. The van der Waals surface area contributed by atoms with Crippen molar-refractivity contribution in [1.82, 2.24) is 0 Å². The summed E-state index contributed by atoms with van der Waals surface area (Å²) in [6.45, 7) is 3.78. The molecule has 4 heteroatoms. The second-order valence-corrected chi connectivity index (χ2v) is 5.74. The van der Waals surface area contributed by atoms with Gasteiger partial charge in [0.2, 0.25) is 0 Å². The van der Waals surface area contributed by atoms with Crippen molar-refractivity contribution in [3.8, 4) is 0 Å². The molecule has 0 atom stereocenters. The third kappa shape index (κ3) is 2.72. The normalized spacial score (nSPS) is 11.6. The molecule has 84 valence electrons. The number of nitrogen functional groups attached to an aromatic ring is 1. The lowest BCUT2D eigenvalue weighted by Crippen LogP contribution is -2.10. The molecule has 0 aliphatic rings. The standard InChI is InChI=1S/C11H17NO2S/c1-3-4-8-15(13,14)10-7-5-6-9(2)11(10)12/h5-7H,3-4,8,12H2,1-2H3. The van der Waals surface area contributed by atoms with Crippen LogP contribution in [-0.4, -0.2) is 14.2 Å². The van der Waals surface area contributed by atoms with Gasteiger partial charge in [0.25, 0.3) is 0 Å². The summed E-state index contributed by atoms with van der Waals surface area (Å²) in [5.41, 5.74) is 6.96. The summed E-state index contributed by atoms with van der Waals surface area (Å²) in [6, 6.07) is 5.12. The topological polar surface area (TPSA) is 60.2 Å². The number of hydrogen-bond donors (Lipinski definition) is 1. The first-order valence-corrected chi connectivity index (χ1v) is 6.72. The van der Waals surface area contributed by atoms with Crippen molar-refractivity contribution >= 4 is 15.5 Å². The average molecular weight is 227 g/mol. The number of unbranched alkanes of at least 4 members (excludes halogenated alkanes) is 1.